The summed E-state index contributed by atoms with van der Waals surface area (Å²) in [4.78, 5) is 38.8. The Balaban J connectivity index is 1.85. The number of nitrogens with zero attached hydrogens (tertiary/aromatic N) is 3. The van der Waals surface area contributed by atoms with Crippen LogP contribution in [0.5, 0.6) is 0 Å². The molecule has 0 saturated heterocycles. The van der Waals surface area contributed by atoms with Gasteiger partial charge in [0.2, 0.25) is 0 Å². The molecular formula is C20H19N3O4. The van der Waals surface area contributed by atoms with Gasteiger partial charge >= 0.3 is 5.97 Å². The number of carbonyl (C=O) groups is 2. The first kappa shape index (κ1) is 18.3. The van der Waals surface area contributed by atoms with Gasteiger partial charge in [0.15, 0.2) is 11.8 Å². The molecule has 0 spiro atoms. The van der Waals surface area contributed by atoms with Crippen molar-refractivity contribution in [2.24, 2.45) is 7.05 Å². The Kier molecular flexibility index (Phi) is 5.03. The number of hydrogen-bond acceptors (Lipinski definition) is 5. The first-order valence-electron chi connectivity index (χ1n) is 8.40. The van der Waals surface area contributed by atoms with Gasteiger partial charge in [-0.05, 0) is 25.1 Å². The van der Waals surface area contributed by atoms with E-state index < -0.39 is 12.1 Å². The lowest BCUT2D eigenvalue weighted by atomic mass is 10.1. The van der Waals surface area contributed by atoms with Crippen LogP contribution in [-0.2, 0) is 16.6 Å². The lowest BCUT2D eigenvalue weighted by Crippen LogP contribution is -2.38. The van der Waals surface area contributed by atoms with Crippen molar-refractivity contribution in [3.05, 3.63) is 70.6 Å². The van der Waals surface area contributed by atoms with E-state index in [1.165, 1.54) is 18.9 Å². The third-order valence-electron chi connectivity index (χ3n) is 4.26. The number of fused-ring (bicyclic) bond motifs is 1. The molecule has 0 aliphatic carbocycles. The molecule has 0 aliphatic rings. The number of benzene rings is 2. The minimum Gasteiger partial charge on any atom is -0.448 e. The third kappa shape index (κ3) is 3.57. The van der Waals surface area contributed by atoms with E-state index in [1.54, 1.807) is 43.4 Å². The van der Waals surface area contributed by atoms with Gasteiger partial charge in [-0.25, -0.2) is 9.48 Å². The molecule has 138 valence electrons. The number of esters is 1. The second-order valence-electron chi connectivity index (χ2n) is 6.10. The Labute approximate surface area is 155 Å². The molecule has 1 heterocycles. The van der Waals surface area contributed by atoms with Crippen molar-refractivity contribution in [2.75, 3.05) is 11.9 Å². The summed E-state index contributed by atoms with van der Waals surface area (Å²) in [6, 6.07) is 15.7. The minimum absolute atomic E-state index is 0.00489. The predicted octanol–water partition coefficient (Wildman–Crippen LogP) is 2.14. The SMILES string of the molecule is CC(OC(=O)c1nn(C)c(=O)c2ccccc12)C(=O)N(C)c1ccccc1. The number of aromatic nitrogens is 2. The molecule has 1 unspecified atom stereocenters. The maximum atomic E-state index is 12.6. The van der Waals surface area contributed by atoms with Gasteiger partial charge in [-0.1, -0.05) is 36.4 Å². The second kappa shape index (κ2) is 7.41. The Morgan fingerprint density at radius 2 is 1.63 bits per heavy atom. The lowest BCUT2D eigenvalue weighted by Gasteiger charge is -2.21. The van der Waals surface area contributed by atoms with Gasteiger partial charge < -0.3 is 9.64 Å². The highest BCUT2D eigenvalue weighted by Gasteiger charge is 2.25. The van der Waals surface area contributed by atoms with Crippen LogP contribution in [-0.4, -0.2) is 34.8 Å². The number of amides is 1. The van der Waals surface area contributed by atoms with Gasteiger partial charge in [0.1, 0.15) is 0 Å². The number of hydrogen-bond donors (Lipinski definition) is 0. The molecule has 3 aromatic rings. The molecule has 1 atom stereocenters. The van der Waals surface area contributed by atoms with E-state index >= 15 is 0 Å². The highest BCUT2D eigenvalue weighted by molar-refractivity contribution is 6.04. The standard InChI is InChI=1S/C20H19N3O4/c1-13(18(24)22(2)14-9-5-4-6-10-14)27-20(26)17-15-11-7-8-12-16(15)19(25)23(3)21-17/h4-13H,1-3H3. The first-order valence-corrected chi connectivity index (χ1v) is 8.40. The van der Waals surface area contributed by atoms with E-state index in [1.807, 2.05) is 18.2 Å². The van der Waals surface area contributed by atoms with Crippen molar-refractivity contribution in [3.63, 3.8) is 0 Å². The molecule has 0 aliphatic heterocycles. The quantitative estimate of drug-likeness (QED) is 0.662. The smallest absolute Gasteiger partial charge is 0.360 e. The van der Waals surface area contributed by atoms with Crippen molar-refractivity contribution >= 4 is 28.3 Å². The van der Waals surface area contributed by atoms with Crippen molar-refractivity contribution in [1.82, 2.24) is 9.78 Å². The number of aryl methyl sites for hydroxylation is 1. The molecule has 0 fully saturated rings. The summed E-state index contributed by atoms with van der Waals surface area (Å²) in [5, 5.41) is 4.77. The fourth-order valence-electron chi connectivity index (χ4n) is 2.77. The molecule has 0 bridgehead atoms. The van der Waals surface area contributed by atoms with Crippen LogP contribution in [0.15, 0.2) is 59.4 Å². The van der Waals surface area contributed by atoms with Gasteiger partial charge in [-0.2, -0.15) is 5.10 Å². The van der Waals surface area contributed by atoms with E-state index in [0.717, 1.165) is 4.68 Å². The molecule has 7 nitrogen and oxygen atoms in total. The summed E-state index contributed by atoms with van der Waals surface area (Å²) >= 11 is 0. The highest BCUT2D eigenvalue weighted by atomic mass is 16.5. The zero-order valence-electron chi connectivity index (χ0n) is 15.2. The van der Waals surface area contributed by atoms with Crippen LogP contribution in [0.1, 0.15) is 17.4 Å². The number of rotatable bonds is 4. The van der Waals surface area contributed by atoms with Crippen molar-refractivity contribution < 1.29 is 14.3 Å². The van der Waals surface area contributed by atoms with Crippen molar-refractivity contribution in [2.45, 2.75) is 13.0 Å². The lowest BCUT2D eigenvalue weighted by molar-refractivity contribution is -0.126. The summed E-state index contributed by atoms with van der Waals surface area (Å²) in [6.07, 6.45) is -1.01. The van der Waals surface area contributed by atoms with Crippen molar-refractivity contribution in [3.8, 4) is 0 Å². The van der Waals surface area contributed by atoms with Crippen molar-refractivity contribution in [1.29, 1.82) is 0 Å². The predicted molar refractivity (Wildman–Crippen MR) is 102 cm³/mol. The Morgan fingerprint density at radius 3 is 2.30 bits per heavy atom. The van der Waals surface area contributed by atoms with E-state index in [0.29, 0.717) is 16.5 Å². The Bertz CT molecular complexity index is 1060. The first-order chi connectivity index (χ1) is 12.9. The Hall–Kier alpha value is -3.48. The number of carbonyl (C=O) groups excluding carboxylic acids is 2. The summed E-state index contributed by atoms with van der Waals surface area (Å²) in [5.41, 5.74) is 0.376. The molecule has 3 rings (SSSR count). The van der Waals surface area contributed by atoms with Crippen LogP contribution in [0.3, 0.4) is 0 Å². The molecule has 0 saturated carbocycles. The molecular weight excluding hydrogens is 346 g/mol. The zero-order chi connectivity index (χ0) is 19.6. The van der Waals surface area contributed by atoms with Gasteiger partial charge in [0, 0.05) is 25.2 Å². The molecule has 0 N–H and O–H groups in total. The monoisotopic (exact) mass is 365 g/mol. The molecule has 1 aromatic heterocycles. The van der Waals surface area contributed by atoms with Crippen LogP contribution in [0.4, 0.5) is 5.69 Å². The van der Waals surface area contributed by atoms with E-state index in [9.17, 15) is 14.4 Å². The fourth-order valence-corrected chi connectivity index (χ4v) is 2.77. The summed E-state index contributed by atoms with van der Waals surface area (Å²) in [6.45, 7) is 1.50. The van der Waals surface area contributed by atoms with Crippen LogP contribution < -0.4 is 10.5 Å². The van der Waals surface area contributed by atoms with Gasteiger partial charge in [0.25, 0.3) is 11.5 Å². The maximum Gasteiger partial charge on any atom is 0.360 e. The van der Waals surface area contributed by atoms with Crippen LogP contribution >= 0.6 is 0 Å². The number of para-hydroxylation sites is 1. The minimum atomic E-state index is -1.01. The topological polar surface area (TPSA) is 81.5 Å². The average molecular weight is 365 g/mol. The number of ether oxygens (including phenoxy) is 1. The van der Waals surface area contributed by atoms with Crippen LogP contribution in [0.25, 0.3) is 10.8 Å². The van der Waals surface area contributed by atoms with Crippen LogP contribution in [0, 0.1) is 0 Å². The normalized spacial score (nSPS) is 11.8. The summed E-state index contributed by atoms with van der Waals surface area (Å²) < 4.78 is 6.42. The molecule has 7 heteroatoms. The van der Waals surface area contributed by atoms with E-state index in [4.69, 9.17) is 4.74 Å². The molecule has 27 heavy (non-hydrogen) atoms. The Morgan fingerprint density at radius 1 is 1.04 bits per heavy atom. The zero-order valence-corrected chi connectivity index (χ0v) is 15.2. The summed E-state index contributed by atoms with van der Waals surface area (Å²) in [7, 11) is 3.07. The van der Waals surface area contributed by atoms with E-state index in [-0.39, 0.29) is 17.2 Å². The molecule has 2 aromatic carbocycles. The van der Waals surface area contributed by atoms with Gasteiger partial charge in [0.05, 0.1) is 5.39 Å². The second-order valence-corrected chi connectivity index (χ2v) is 6.10. The number of likely N-dealkylation sites (N-methyl/N-ethyl adjacent to an activating group) is 1. The van der Waals surface area contributed by atoms with Gasteiger partial charge in [-0.3, -0.25) is 9.59 Å². The largest absolute Gasteiger partial charge is 0.448 e. The molecule has 1 amide bonds. The maximum absolute atomic E-state index is 12.6. The summed E-state index contributed by atoms with van der Waals surface area (Å²) in [5.74, 6) is -1.13. The number of anilines is 1. The van der Waals surface area contributed by atoms with Gasteiger partial charge in [-0.15, -0.1) is 0 Å². The molecule has 0 radical (unpaired) electrons. The van der Waals surface area contributed by atoms with Crippen LogP contribution in [0.2, 0.25) is 0 Å². The third-order valence-corrected chi connectivity index (χ3v) is 4.26. The van der Waals surface area contributed by atoms with E-state index in [2.05, 4.69) is 5.10 Å². The fraction of sp³-hybridized carbons (Fsp3) is 0.200. The average Bonchev–Trinajstić information content (AvgIpc) is 2.70. The highest BCUT2D eigenvalue weighted by Crippen LogP contribution is 2.17.